The summed E-state index contributed by atoms with van der Waals surface area (Å²) in [4.78, 5) is 13.3. The van der Waals surface area contributed by atoms with Crippen LogP contribution in [0.15, 0.2) is 41.4 Å². The lowest BCUT2D eigenvalue weighted by Gasteiger charge is -2.22. The molecular weight excluding hydrogens is 388 g/mol. The van der Waals surface area contributed by atoms with E-state index >= 15 is 0 Å². The molecular formula is C21H29ClN6O. The minimum atomic E-state index is 0.283. The van der Waals surface area contributed by atoms with Crippen LogP contribution in [0.4, 0.5) is 11.5 Å². The zero-order valence-electron chi connectivity index (χ0n) is 17.4. The van der Waals surface area contributed by atoms with Gasteiger partial charge >= 0.3 is 0 Å². The number of rotatable bonds is 6. The quantitative estimate of drug-likeness (QED) is 0.557. The first-order chi connectivity index (χ1) is 14.0. The molecule has 0 radical (unpaired) electrons. The zero-order chi connectivity index (χ0) is 20.8. The van der Waals surface area contributed by atoms with Crippen molar-refractivity contribution in [1.29, 1.82) is 0 Å². The van der Waals surface area contributed by atoms with Crippen LogP contribution in [-0.2, 0) is 6.54 Å². The number of hydrogen-bond acceptors (Lipinski definition) is 5. The molecule has 7 nitrogen and oxygen atoms in total. The van der Waals surface area contributed by atoms with E-state index in [1.54, 1.807) is 14.2 Å². The molecule has 1 aromatic heterocycles. The van der Waals surface area contributed by atoms with Gasteiger partial charge in [-0.25, -0.2) is 4.98 Å². The minimum absolute atomic E-state index is 0.283. The van der Waals surface area contributed by atoms with E-state index in [4.69, 9.17) is 16.3 Å². The van der Waals surface area contributed by atoms with E-state index in [0.29, 0.717) is 11.6 Å². The van der Waals surface area contributed by atoms with Gasteiger partial charge in [-0.3, -0.25) is 4.99 Å². The first-order valence-electron chi connectivity index (χ1n) is 9.69. The summed E-state index contributed by atoms with van der Waals surface area (Å²) in [5.74, 6) is 2.55. The van der Waals surface area contributed by atoms with Crippen molar-refractivity contribution in [2.75, 3.05) is 51.1 Å². The third-order valence-electron chi connectivity index (χ3n) is 4.92. The fourth-order valence-corrected chi connectivity index (χ4v) is 3.55. The van der Waals surface area contributed by atoms with E-state index in [2.05, 4.69) is 25.5 Å². The molecule has 156 valence electrons. The molecule has 2 heterocycles. The smallest absolute Gasteiger partial charge is 0.191 e. The largest absolute Gasteiger partial charge is 0.495 e. The highest BCUT2D eigenvalue weighted by Crippen LogP contribution is 2.33. The number of hydrogen-bond donors (Lipinski definition) is 2. The van der Waals surface area contributed by atoms with Crippen molar-refractivity contribution in [1.82, 2.24) is 15.6 Å². The maximum Gasteiger partial charge on any atom is 0.191 e. The number of halogens is 1. The molecule has 1 aliphatic heterocycles. The maximum atomic E-state index is 6.19. The van der Waals surface area contributed by atoms with Crippen molar-refractivity contribution in [3.63, 3.8) is 0 Å². The predicted molar refractivity (Wildman–Crippen MR) is 121 cm³/mol. The number of nitrogens with zero attached hydrogens (tertiary/aromatic N) is 4. The van der Waals surface area contributed by atoms with Crippen LogP contribution in [0.5, 0.6) is 5.75 Å². The fourth-order valence-electron chi connectivity index (χ4n) is 3.38. The number of anilines is 2. The maximum absolute atomic E-state index is 6.19. The Morgan fingerprint density at radius 1 is 1.34 bits per heavy atom. The van der Waals surface area contributed by atoms with Crippen molar-refractivity contribution in [3.8, 4) is 5.75 Å². The van der Waals surface area contributed by atoms with E-state index < -0.39 is 0 Å². The van der Waals surface area contributed by atoms with Gasteiger partial charge in [0, 0.05) is 45.3 Å². The molecule has 0 bridgehead atoms. The summed E-state index contributed by atoms with van der Waals surface area (Å²) in [5, 5.41) is 7.58. The monoisotopic (exact) mass is 416 g/mol. The van der Waals surface area contributed by atoms with Gasteiger partial charge in [-0.1, -0.05) is 17.7 Å². The number of methoxy groups -OCH3 is 1. The highest BCUT2D eigenvalue weighted by atomic mass is 35.5. The number of aromatic nitrogens is 1. The molecule has 1 fully saturated rings. The Hall–Kier alpha value is -2.67. The molecule has 1 atom stereocenters. The molecule has 0 amide bonds. The first-order valence-corrected chi connectivity index (χ1v) is 10.1. The number of benzene rings is 1. The third-order valence-corrected chi connectivity index (χ3v) is 5.16. The van der Waals surface area contributed by atoms with Gasteiger partial charge < -0.3 is 25.2 Å². The van der Waals surface area contributed by atoms with Crippen LogP contribution in [-0.4, -0.2) is 58.3 Å². The molecule has 1 aromatic carbocycles. The highest BCUT2D eigenvalue weighted by molar-refractivity contribution is 6.30. The second-order valence-electron chi connectivity index (χ2n) is 7.20. The van der Waals surface area contributed by atoms with Gasteiger partial charge in [0.15, 0.2) is 5.96 Å². The summed E-state index contributed by atoms with van der Waals surface area (Å²) in [6.45, 7) is 2.39. The predicted octanol–water partition coefficient (Wildman–Crippen LogP) is 2.75. The summed E-state index contributed by atoms with van der Waals surface area (Å²) >= 11 is 6.19. The Balaban J connectivity index is 1.57. The molecule has 0 spiro atoms. The molecule has 1 unspecified atom stereocenters. The van der Waals surface area contributed by atoms with E-state index in [1.807, 2.05) is 55.4 Å². The summed E-state index contributed by atoms with van der Waals surface area (Å²) < 4.78 is 5.50. The normalized spacial score (nSPS) is 16.7. The van der Waals surface area contributed by atoms with Crippen LogP contribution in [0.3, 0.4) is 0 Å². The Labute approximate surface area is 177 Å². The molecule has 8 heteroatoms. The topological polar surface area (TPSA) is 65.0 Å². The lowest BCUT2D eigenvalue weighted by molar-refractivity contribution is 0.415. The molecule has 1 saturated heterocycles. The van der Waals surface area contributed by atoms with Gasteiger partial charge in [-0.15, -0.1) is 0 Å². The van der Waals surface area contributed by atoms with Crippen molar-refractivity contribution in [2.24, 2.45) is 4.99 Å². The van der Waals surface area contributed by atoms with Gasteiger partial charge in [-0.2, -0.15) is 0 Å². The number of ether oxygens (including phenoxy) is 1. The van der Waals surface area contributed by atoms with E-state index in [0.717, 1.165) is 48.4 Å². The van der Waals surface area contributed by atoms with Crippen LogP contribution in [0.2, 0.25) is 5.02 Å². The van der Waals surface area contributed by atoms with Crippen molar-refractivity contribution in [3.05, 3.63) is 47.1 Å². The molecule has 2 N–H and O–H groups in total. The van der Waals surface area contributed by atoms with Crippen LogP contribution in [0.1, 0.15) is 12.1 Å². The minimum Gasteiger partial charge on any atom is -0.495 e. The van der Waals surface area contributed by atoms with Crippen LogP contribution in [0.25, 0.3) is 0 Å². The summed E-state index contributed by atoms with van der Waals surface area (Å²) in [6, 6.07) is 12.0. The van der Waals surface area contributed by atoms with Gasteiger partial charge in [0.05, 0.1) is 25.0 Å². The van der Waals surface area contributed by atoms with Crippen molar-refractivity contribution < 1.29 is 4.74 Å². The van der Waals surface area contributed by atoms with Gasteiger partial charge in [0.25, 0.3) is 0 Å². The lowest BCUT2D eigenvalue weighted by atomic mass is 10.2. The number of aliphatic imine (C=N–C) groups is 1. The lowest BCUT2D eigenvalue weighted by Crippen LogP contribution is -2.44. The molecule has 2 aromatic rings. The zero-order valence-corrected chi connectivity index (χ0v) is 18.2. The van der Waals surface area contributed by atoms with Crippen LogP contribution < -0.4 is 25.2 Å². The Morgan fingerprint density at radius 2 is 2.17 bits per heavy atom. The van der Waals surface area contributed by atoms with Gasteiger partial charge in [0.1, 0.15) is 11.6 Å². The summed E-state index contributed by atoms with van der Waals surface area (Å²) in [5.41, 5.74) is 1.99. The Bertz CT molecular complexity index is 857. The number of nitrogens with one attached hydrogen (secondary N) is 2. The van der Waals surface area contributed by atoms with E-state index in [1.165, 1.54) is 0 Å². The van der Waals surface area contributed by atoms with E-state index in [-0.39, 0.29) is 6.04 Å². The molecule has 1 aliphatic rings. The van der Waals surface area contributed by atoms with E-state index in [9.17, 15) is 0 Å². The molecule has 0 saturated carbocycles. The second-order valence-corrected chi connectivity index (χ2v) is 7.64. The molecule has 0 aliphatic carbocycles. The standard InChI is InChI=1S/C21H29ClN6O/c1-23-21(24-13-16-6-5-7-20(25-16)27(2)3)26-17-10-11-28(14-17)18-12-15(22)8-9-19(18)29-4/h5-9,12,17H,10-11,13-14H2,1-4H3,(H2,23,24,26). The first kappa shape index (κ1) is 21.0. The van der Waals surface area contributed by atoms with Gasteiger partial charge in [0.2, 0.25) is 0 Å². The average Bonchev–Trinajstić information content (AvgIpc) is 3.19. The molecule has 29 heavy (non-hydrogen) atoms. The SMILES string of the molecule is CN=C(NCc1cccc(N(C)C)n1)NC1CCN(c2cc(Cl)ccc2OC)C1. The number of guanidine groups is 1. The van der Waals surface area contributed by atoms with Crippen LogP contribution in [0, 0.1) is 0 Å². The van der Waals surface area contributed by atoms with Crippen LogP contribution >= 0.6 is 11.6 Å². The Kier molecular flexibility index (Phi) is 7.04. The molecule has 3 rings (SSSR count). The Morgan fingerprint density at radius 3 is 2.90 bits per heavy atom. The van der Waals surface area contributed by atoms with Crippen molar-refractivity contribution in [2.45, 2.75) is 19.0 Å². The summed E-state index contributed by atoms with van der Waals surface area (Å²) in [6.07, 6.45) is 1.00. The average molecular weight is 417 g/mol. The van der Waals surface area contributed by atoms with Gasteiger partial charge in [-0.05, 0) is 36.8 Å². The summed E-state index contributed by atoms with van der Waals surface area (Å²) in [7, 11) is 7.44. The van der Waals surface area contributed by atoms with Crippen molar-refractivity contribution >= 4 is 29.1 Å². The number of pyridine rings is 1. The second kappa shape index (κ2) is 9.69. The third kappa shape index (κ3) is 5.44. The highest BCUT2D eigenvalue weighted by Gasteiger charge is 2.25. The fraction of sp³-hybridized carbons (Fsp3) is 0.429.